The van der Waals surface area contributed by atoms with Crippen molar-refractivity contribution in [3.63, 3.8) is 0 Å². The molecule has 1 atom stereocenters. The number of thioether (sulfide) groups is 1. The zero-order valence-corrected chi connectivity index (χ0v) is 21.2. The first-order valence-electron chi connectivity index (χ1n) is 11.1. The van der Waals surface area contributed by atoms with Crippen LogP contribution in [0.3, 0.4) is 0 Å². The molecule has 1 aliphatic heterocycles. The molecule has 0 aliphatic carbocycles. The second-order valence-electron chi connectivity index (χ2n) is 8.52. The van der Waals surface area contributed by atoms with Crippen molar-refractivity contribution < 1.29 is 9.59 Å². The molecule has 3 aromatic carbocycles. The topological polar surface area (TPSA) is 73.2 Å². The minimum atomic E-state index is -0.553. The molecule has 0 spiro atoms. The zero-order chi connectivity index (χ0) is 25.1. The average molecular weight is 502 g/mol. The summed E-state index contributed by atoms with van der Waals surface area (Å²) in [5.41, 5.74) is 5.07. The average Bonchev–Trinajstić information content (AvgIpc) is 3.14. The molecule has 0 saturated carbocycles. The van der Waals surface area contributed by atoms with Crippen molar-refractivity contribution in [2.75, 3.05) is 10.2 Å². The lowest BCUT2D eigenvalue weighted by molar-refractivity contribution is -0.117. The van der Waals surface area contributed by atoms with Crippen molar-refractivity contribution in [3.05, 3.63) is 105 Å². The van der Waals surface area contributed by atoms with E-state index in [1.807, 2.05) is 81.4 Å². The number of anilines is 2. The molecule has 3 aromatic rings. The van der Waals surface area contributed by atoms with Gasteiger partial charge in [0.15, 0.2) is 0 Å². The number of nitrogens with zero attached hydrogens (tertiary/aromatic N) is 2. The molecule has 1 unspecified atom stereocenters. The summed E-state index contributed by atoms with van der Waals surface area (Å²) in [5, 5.41) is 13.2. The molecule has 0 bridgehead atoms. The minimum Gasteiger partial charge on any atom is -0.321 e. The van der Waals surface area contributed by atoms with Crippen LogP contribution in [0.1, 0.15) is 22.3 Å². The number of carbonyl (C=O) groups excluding carboxylic acids is 2. The van der Waals surface area contributed by atoms with E-state index in [9.17, 15) is 14.9 Å². The molecule has 4 rings (SSSR count). The normalized spacial score (nSPS) is 16.7. The van der Waals surface area contributed by atoms with Crippen LogP contribution in [-0.2, 0) is 16.0 Å². The summed E-state index contributed by atoms with van der Waals surface area (Å²) in [4.78, 5) is 28.2. The number of nitriles is 1. The first kappa shape index (κ1) is 24.6. The molecule has 1 heterocycles. The molecule has 1 aliphatic rings. The van der Waals surface area contributed by atoms with Gasteiger partial charge in [0.25, 0.3) is 5.91 Å². The second kappa shape index (κ2) is 10.4. The lowest BCUT2D eigenvalue weighted by atomic mass is 10.1. The Hall–Kier alpha value is -3.53. The molecule has 176 valence electrons. The summed E-state index contributed by atoms with van der Waals surface area (Å²) in [6, 6.07) is 22.5. The number of nitrogens with one attached hydrogen (secondary N) is 1. The number of carbonyl (C=O) groups is 2. The highest BCUT2D eigenvalue weighted by molar-refractivity contribution is 8.05. The maximum Gasteiger partial charge on any atom is 0.269 e. The van der Waals surface area contributed by atoms with E-state index in [-0.39, 0.29) is 11.5 Å². The van der Waals surface area contributed by atoms with Gasteiger partial charge >= 0.3 is 0 Å². The number of amides is 2. The van der Waals surface area contributed by atoms with Crippen molar-refractivity contribution in [1.82, 2.24) is 0 Å². The van der Waals surface area contributed by atoms with E-state index in [4.69, 9.17) is 11.6 Å². The Morgan fingerprint density at radius 2 is 1.66 bits per heavy atom. The number of halogens is 1. The molecule has 35 heavy (non-hydrogen) atoms. The van der Waals surface area contributed by atoms with E-state index in [2.05, 4.69) is 5.32 Å². The van der Waals surface area contributed by atoms with E-state index < -0.39 is 11.2 Å². The minimum absolute atomic E-state index is 0.103. The van der Waals surface area contributed by atoms with Crippen molar-refractivity contribution in [3.8, 4) is 6.07 Å². The first-order chi connectivity index (χ1) is 16.8. The fourth-order valence-corrected chi connectivity index (χ4v) is 5.24. The zero-order valence-electron chi connectivity index (χ0n) is 19.6. The van der Waals surface area contributed by atoms with Gasteiger partial charge in [0.1, 0.15) is 16.7 Å². The van der Waals surface area contributed by atoms with Crippen LogP contribution >= 0.6 is 23.4 Å². The molecule has 2 amide bonds. The van der Waals surface area contributed by atoms with Crippen LogP contribution in [-0.4, -0.2) is 17.1 Å². The van der Waals surface area contributed by atoms with Crippen molar-refractivity contribution in [2.45, 2.75) is 32.4 Å². The largest absolute Gasteiger partial charge is 0.321 e. The van der Waals surface area contributed by atoms with Crippen molar-refractivity contribution in [1.29, 1.82) is 5.26 Å². The molecular weight excluding hydrogens is 478 g/mol. The molecule has 1 fully saturated rings. The molecular formula is C28H24ClN3O2S. The first-order valence-corrected chi connectivity index (χ1v) is 12.4. The predicted octanol–water partition coefficient (Wildman–Crippen LogP) is 6.33. The quantitative estimate of drug-likeness (QED) is 0.327. The van der Waals surface area contributed by atoms with Crippen LogP contribution in [0.15, 0.2) is 77.3 Å². The number of aryl methyl sites for hydroxylation is 3. The van der Waals surface area contributed by atoms with E-state index >= 15 is 0 Å². The Balaban J connectivity index is 1.72. The van der Waals surface area contributed by atoms with Crippen molar-refractivity contribution in [2.24, 2.45) is 0 Å². The number of hydrogen-bond acceptors (Lipinski definition) is 4. The summed E-state index contributed by atoms with van der Waals surface area (Å²) in [6.07, 6.45) is 0.424. The lowest BCUT2D eigenvalue weighted by Crippen LogP contribution is -2.30. The number of hydrogen-bond donors (Lipinski definition) is 1. The van der Waals surface area contributed by atoms with Gasteiger partial charge in [-0.25, -0.2) is 0 Å². The third-order valence-electron chi connectivity index (χ3n) is 5.76. The fourth-order valence-electron chi connectivity index (χ4n) is 3.72. The summed E-state index contributed by atoms with van der Waals surface area (Å²) in [7, 11) is 0. The van der Waals surface area contributed by atoms with Gasteiger partial charge in [-0.3, -0.25) is 14.5 Å². The van der Waals surface area contributed by atoms with Gasteiger partial charge in [0.2, 0.25) is 5.91 Å². The van der Waals surface area contributed by atoms with Crippen LogP contribution in [0.4, 0.5) is 11.4 Å². The molecule has 5 nitrogen and oxygen atoms in total. The molecule has 1 N–H and O–H groups in total. The highest BCUT2D eigenvalue weighted by Crippen LogP contribution is 2.42. The summed E-state index contributed by atoms with van der Waals surface area (Å²) in [6.45, 7) is 5.84. The second-order valence-corrected chi connectivity index (χ2v) is 10.1. The summed E-state index contributed by atoms with van der Waals surface area (Å²) >= 11 is 7.53. The highest BCUT2D eigenvalue weighted by Gasteiger charge is 2.40. The van der Waals surface area contributed by atoms with E-state index in [1.165, 1.54) is 16.7 Å². The van der Waals surface area contributed by atoms with Gasteiger partial charge in [0, 0.05) is 16.4 Å². The third-order valence-corrected chi connectivity index (χ3v) is 7.43. The number of benzene rings is 3. The predicted molar refractivity (Wildman–Crippen MR) is 142 cm³/mol. The van der Waals surface area contributed by atoms with E-state index in [0.29, 0.717) is 27.8 Å². The van der Waals surface area contributed by atoms with Crippen LogP contribution < -0.4 is 10.2 Å². The van der Waals surface area contributed by atoms with Crippen LogP contribution in [0, 0.1) is 32.1 Å². The summed E-state index contributed by atoms with van der Waals surface area (Å²) in [5.74, 6) is -0.732. The van der Waals surface area contributed by atoms with Crippen molar-refractivity contribution >= 4 is 46.6 Å². The highest BCUT2D eigenvalue weighted by atomic mass is 35.5. The molecule has 0 aromatic heterocycles. The standard InChI is InChI=1S/C28H24ClN3O2S/c1-17-4-10-21(11-5-17)31-26(33)23(16-30)28-32(22-12-6-18(2)7-13-22)27(34)25(35-28)15-20-9-8-19(3)24(29)14-20/h4-14,25H,15H2,1-3H3,(H,31,33). The third kappa shape index (κ3) is 5.43. The Kier molecular flexibility index (Phi) is 7.30. The van der Waals surface area contributed by atoms with Gasteiger partial charge in [-0.1, -0.05) is 70.9 Å². The Morgan fingerprint density at radius 1 is 1.03 bits per heavy atom. The van der Waals surface area contributed by atoms with E-state index in [1.54, 1.807) is 12.1 Å². The maximum atomic E-state index is 13.6. The smallest absolute Gasteiger partial charge is 0.269 e. The van der Waals surface area contributed by atoms with Crippen LogP contribution in [0.2, 0.25) is 5.02 Å². The Labute approximate surface area is 214 Å². The molecule has 1 saturated heterocycles. The monoisotopic (exact) mass is 501 g/mol. The van der Waals surface area contributed by atoms with Gasteiger partial charge in [-0.05, 0) is 68.7 Å². The Morgan fingerprint density at radius 3 is 2.26 bits per heavy atom. The van der Waals surface area contributed by atoms with Gasteiger partial charge in [0.05, 0.1) is 5.25 Å². The van der Waals surface area contributed by atoms with Gasteiger partial charge in [-0.2, -0.15) is 5.26 Å². The Bertz CT molecular complexity index is 1360. The van der Waals surface area contributed by atoms with E-state index in [0.717, 1.165) is 22.3 Å². The lowest BCUT2D eigenvalue weighted by Gasteiger charge is -2.19. The number of rotatable bonds is 5. The summed E-state index contributed by atoms with van der Waals surface area (Å²) < 4.78 is 0. The maximum absolute atomic E-state index is 13.6. The SMILES string of the molecule is Cc1ccc(NC(=O)C(C#N)=C2SC(Cc3ccc(C)c(Cl)c3)C(=O)N2c2ccc(C)cc2)cc1. The molecule has 0 radical (unpaired) electrons. The fraction of sp³-hybridized carbons (Fsp3) is 0.179. The van der Waals surface area contributed by atoms with Gasteiger partial charge in [-0.15, -0.1) is 0 Å². The van der Waals surface area contributed by atoms with Crippen LogP contribution in [0.5, 0.6) is 0 Å². The van der Waals surface area contributed by atoms with Crippen LogP contribution in [0.25, 0.3) is 0 Å². The molecule has 7 heteroatoms. The van der Waals surface area contributed by atoms with Gasteiger partial charge < -0.3 is 5.32 Å².